The van der Waals surface area contributed by atoms with Gasteiger partial charge in [-0.25, -0.2) is 0 Å². The molecule has 7 nitrogen and oxygen atoms in total. The van der Waals surface area contributed by atoms with E-state index in [0.29, 0.717) is 25.1 Å². The Kier molecular flexibility index (Phi) is 10.4. The molecule has 5 rings (SSSR count). The minimum absolute atomic E-state index is 0.00919. The minimum atomic E-state index is -0.626. The van der Waals surface area contributed by atoms with Crippen LogP contribution in [0, 0.1) is 0 Å². The highest BCUT2D eigenvalue weighted by molar-refractivity contribution is 5.94. The van der Waals surface area contributed by atoms with Crippen LogP contribution in [0.5, 0.6) is 0 Å². The highest BCUT2D eigenvalue weighted by Gasteiger charge is 2.34. The summed E-state index contributed by atoms with van der Waals surface area (Å²) in [5.41, 5.74) is 5.25. The molecule has 3 N–H and O–H groups in total. The summed E-state index contributed by atoms with van der Waals surface area (Å²) < 4.78 is 13.0. The Morgan fingerprint density at radius 2 is 1.47 bits per heavy atom. The van der Waals surface area contributed by atoms with Crippen LogP contribution in [0.25, 0.3) is 0 Å². The lowest BCUT2D eigenvalue weighted by atomic mass is 9.98. The zero-order chi connectivity index (χ0) is 30.2. The van der Waals surface area contributed by atoms with Crippen molar-refractivity contribution >= 4 is 5.91 Å². The summed E-state index contributed by atoms with van der Waals surface area (Å²) >= 11 is 0. The Balaban J connectivity index is 1.28. The van der Waals surface area contributed by atoms with E-state index < -0.39 is 12.4 Å². The van der Waals surface area contributed by atoms with E-state index in [1.54, 1.807) is 12.1 Å². The Bertz CT molecular complexity index is 1430. The number of benzene rings is 4. The van der Waals surface area contributed by atoms with Gasteiger partial charge in [-0.15, -0.1) is 0 Å². The number of likely N-dealkylation sites (N-methyl/N-ethyl adjacent to an activating group) is 1. The fraction of sp³-hybridized carbons (Fsp3) is 0.306. The molecule has 4 aromatic rings. The predicted molar refractivity (Wildman–Crippen MR) is 166 cm³/mol. The molecule has 0 spiro atoms. The van der Waals surface area contributed by atoms with Crippen LogP contribution in [0.4, 0.5) is 0 Å². The van der Waals surface area contributed by atoms with Gasteiger partial charge in [-0.1, -0.05) is 97.1 Å². The molecule has 4 aromatic carbocycles. The first-order valence-corrected chi connectivity index (χ1v) is 14.8. The second kappa shape index (κ2) is 14.6. The SMILES string of the molecule is C[C@@H]([C@H](O)c1ccccc1)N(C)C[C@H]1C[C@@H](c2ccc(CO)cc2)O[C@@H](c2ccc(CNC(=O)c3ccccc3)cc2)O1. The number of hydrogen-bond donors (Lipinski definition) is 3. The van der Waals surface area contributed by atoms with E-state index in [9.17, 15) is 15.0 Å². The Morgan fingerprint density at radius 1 is 0.860 bits per heavy atom. The number of nitrogens with zero attached hydrogens (tertiary/aromatic N) is 1. The highest BCUT2D eigenvalue weighted by Crippen LogP contribution is 2.38. The molecule has 0 unspecified atom stereocenters. The number of ether oxygens (including phenoxy) is 2. The quantitative estimate of drug-likeness (QED) is 0.211. The Morgan fingerprint density at radius 3 is 2.12 bits per heavy atom. The lowest BCUT2D eigenvalue weighted by molar-refractivity contribution is -0.253. The molecule has 1 amide bonds. The minimum Gasteiger partial charge on any atom is -0.392 e. The third kappa shape index (κ3) is 7.96. The van der Waals surface area contributed by atoms with Gasteiger partial charge in [-0.2, -0.15) is 0 Å². The average Bonchev–Trinajstić information content (AvgIpc) is 3.07. The Hall–Kier alpha value is -3.85. The van der Waals surface area contributed by atoms with Crippen molar-refractivity contribution in [3.05, 3.63) is 143 Å². The number of nitrogens with one attached hydrogen (secondary N) is 1. The number of aliphatic hydroxyl groups excluding tert-OH is 2. The van der Waals surface area contributed by atoms with Crippen LogP contribution < -0.4 is 5.32 Å². The molecule has 1 aliphatic heterocycles. The molecule has 0 radical (unpaired) electrons. The fourth-order valence-electron chi connectivity index (χ4n) is 5.36. The van der Waals surface area contributed by atoms with E-state index in [2.05, 4.69) is 10.2 Å². The smallest absolute Gasteiger partial charge is 0.251 e. The summed E-state index contributed by atoms with van der Waals surface area (Å²) in [5.74, 6) is -0.114. The number of rotatable bonds is 11. The van der Waals surface area contributed by atoms with Gasteiger partial charge in [0.2, 0.25) is 0 Å². The van der Waals surface area contributed by atoms with E-state index in [0.717, 1.165) is 27.8 Å². The molecule has 0 aliphatic carbocycles. The van der Waals surface area contributed by atoms with Crippen molar-refractivity contribution in [1.29, 1.82) is 0 Å². The van der Waals surface area contributed by atoms with Gasteiger partial charge in [-0.3, -0.25) is 9.69 Å². The summed E-state index contributed by atoms with van der Waals surface area (Å²) in [6, 6.07) is 34.5. The normalized spacial score (nSPS) is 20.0. The maximum absolute atomic E-state index is 12.5. The van der Waals surface area contributed by atoms with Crippen molar-refractivity contribution in [1.82, 2.24) is 10.2 Å². The molecule has 0 saturated carbocycles. The molecule has 0 bridgehead atoms. The maximum atomic E-state index is 12.5. The number of aliphatic hydroxyl groups is 2. The average molecular weight is 581 g/mol. The summed E-state index contributed by atoms with van der Waals surface area (Å²) in [5, 5.41) is 23.5. The summed E-state index contributed by atoms with van der Waals surface area (Å²) in [6.45, 7) is 3.04. The van der Waals surface area contributed by atoms with Crippen LogP contribution in [0.1, 0.15) is 70.0 Å². The largest absolute Gasteiger partial charge is 0.392 e. The van der Waals surface area contributed by atoms with E-state index >= 15 is 0 Å². The predicted octanol–water partition coefficient (Wildman–Crippen LogP) is 5.71. The van der Waals surface area contributed by atoms with E-state index in [1.165, 1.54) is 0 Å². The molecule has 5 atom stereocenters. The molecule has 1 fully saturated rings. The lowest BCUT2D eigenvalue weighted by Crippen LogP contribution is -2.43. The van der Waals surface area contributed by atoms with Crippen molar-refractivity contribution in [2.75, 3.05) is 13.6 Å². The third-order valence-electron chi connectivity index (χ3n) is 8.14. The molecule has 43 heavy (non-hydrogen) atoms. The maximum Gasteiger partial charge on any atom is 0.251 e. The first-order valence-electron chi connectivity index (χ1n) is 14.8. The van der Waals surface area contributed by atoms with E-state index in [4.69, 9.17) is 9.47 Å². The zero-order valence-corrected chi connectivity index (χ0v) is 24.7. The first kappa shape index (κ1) is 30.6. The molecule has 1 aliphatic rings. The lowest BCUT2D eigenvalue weighted by Gasteiger charge is -2.39. The summed E-state index contributed by atoms with van der Waals surface area (Å²) in [6.07, 6.45) is -0.918. The molecule has 1 heterocycles. The Labute approximate surface area is 253 Å². The molecule has 7 heteroatoms. The van der Waals surface area contributed by atoms with Gasteiger partial charge in [0.05, 0.1) is 24.9 Å². The monoisotopic (exact) mass is 580 g/mol. The van der Waals surface area contributed by atoms with E-state index in [-0.39, 0.29) is 30.8 Å². The topological polar surface area (TPSA) is 91.3 Å². The van der Waals surface area contributed by atoms with Gasteiger partial charge >= 0.3 is 0 Å². The number of carbonyl (C=O) groups excluding carboxylic acids is 1. The van der Waals surface area contributed by atoms with Gasteiger partial charge in [0.25, 0.3) is 5.91 Å². The molecule has 1 saturated heterocycles. The highest BCUT2D eigenvalue weighted by atomic mass is 16.7. The zero-order valence-electron chi connectivity index (χ0n) is 24.7. The van der Waals surface area contributed by atoms with Crippen molar-refractivity contribution in [2.24, 2.45) is 0 Å². The number of amides is 1. The molecular formula is C36H40N2O5. The third-order valence-corrected chi connectivity index (χ3v) is 8.14. The number of hydrogen-bond acceptors (Lipinski definition) is 6. The van der Waals surface area contributed by atoms with Crippen molar-refractivity contribution in [2.45, 2.75) is 57.1 Å². The molecule has 0 aromatic heterocycles. The van der Waals surface area contributed by atoms with Gasteiger partial charge in [0, 0.05) is 36.7 Å². The standard InChI is InChI=1S/C36H40N2O5/c1-25(34(40)29-9-5-3-6-10-29)38(2)23-32-21-33(28-17-15-27(24-39)16-18-28)43-36(42-32)31-19-13-26(14-20-31)22-37-35(41)30-11-7-4-8-12-30/h3-20,25,32-34,36,39-40H,21-24H2,1-2H3,(H,37,41)/t25-,32+,33-,34-,36-/m0/s1. The summed E-state index contributed by atoms with van der Waals surface area (Å²) in [4.78, 5) is 14.6. The molecular weight excluding hydrogens is 540 g/mol. The van der Waals surface area contributed by atoms with Crippen molar-refractivity contribution < 1.29 is 24.5 Å². The van der Waals surface area contributed by atoms with Crippen molar-refractivity contribution in [3.63, 3.8) is 0 Å². The van der Waals surface area contributed by atoms with Crippen LogP contribution in [-0.4, -0.2) is 46.8 Å². The van der Waals surface area contributed by atoms with Crippen molar-refractivity contribution in [3.8, 4) is 0 Å². The number of carbonyl (C=O) groups is 1. The van der Waals surface area contributed by atoms with Gasteiger partial charge in [0.15, 0.2) is 6.29 Å². The van der Waals surface area contributed by atoms with Crippen LogP contribution in [0.2, 0.25) is 0 Å². The second-order valence-corrected chi connectivity index (χ2v) is 11.2. The van der Waals surface area contributed by atoms with Crippen LogP contribution >= 0.6 is 0 Å². The van der Waals surface area contributed by atoms with Crippen LogP contribution in [0.3, 0.4) is 0 Å². The van der Waals surface area contributed by atoms with Gasteiger partial charge in [-0.05, 0) is 48.4 Å². The van der Waals surface area contributed by atoms with Crippen LogP contribution in [0.15, 0.2) is 109 Å². The molecule has 224 valence electrons. The second-order valence-electron chi connectivity index (χ2n) is 11.2. The van der Waals surface area contributed by atoms with Crippen LogP contribution in [-0.2, 0) is 22.6 Å². The van der Waals surface area contributed by atoms with Gasteiger partial charge in [0.1, 0.15) is 0 Å². The fourth-order valence-corrected chi connectivity index (χ4v) is 5.36. The van der Waals surface area contributed by atoms with Gasteiger partial charge < -0.3 is 25.0 Å². The first-order chi connectivity index (χ1) is 20.9. The summed E-state index contributed by atoms with van der Waals surface area (Å²) in [7, 11) is 2.01. The van der Waals surface area contributed by atoms with E-state index in [1.807, 2.05) is 111 Å².